The Labute approximate surface area is 269 Å². The van der Waals surface area contributed by atoms with Gasteiger partial charge in [0.2, 0.25) is 11.8 Å². The molecule has 0 aliphatic heterocycles. The lowest BCUT2D eigenvalue weighted by Gasteiger charge is -2.34. The molecule has 0 aliphatic carbocycles. The maximum atomic E-state index is 14.5. The number of likely N-dealkylation sites (N-methyl/N-ethyl adjacent to an activating group) is 1. The summed E-state index contributed by atoms with van der Waals surface area (Å²) in [4.78, 5) is 29.7. The number of nitrogens with zero attached hydrogens (tertiary/aromatic N) is 2. The Bertz CT molecular complexity index is 1680. The van der Waals surface area contributed by atoms with E-state index >= 15 is 0 Å². The zero-order valence-corrected chi connectivity index (χ0v) is 27.6. The van der Waals surface area contributed by atoms with Gasteiger partial charge in [0, 0.05) is 24.0 Å². The number of halogens is 1. The van der Waals surface area contributed by atoms with Crippen LogP contribution in [0.2, 0.25) is 0 Å². The van der Waals surface area contributed by atoms with E-state index in [2.05, 4.69) is 21.2 Å². The summed E-state index contributed by atoms with van der Waals surface area (Å²) >= 11 is 3.51. The summed E-state index contributed by atoms with van der Waals surface area (Å²) in [5, 5.41) is 2.89. The van der Waals surface area contributed by atoms with Crippen LogP contribution >= 0.6 is 15.9 Å². The number of para-hydroxylation sites is 1. The summed E-state index contributed by atoms with van der Waals surface area (Å²) in [7, 11) is -4.15. The van der Waals surface area contributed by atoms with Crippen LogP contribution in [0.5, 0.6) is 0 Å². The van der Waals surface area contributed by atoms with Crippen molar-refractivity contribution in [2.24, 2.45) is 0 Å². The van der Waals surface area contributed by atoms with Crippen LogP contribution in [0.1, 0.15) is 36.1 Å². The lowest BCUT2D eigenvalue weighted by Crippen LogP contribution is -2.53. The van der Waals surface area contributed by atoms with Gasteiger partial charge in [-0.3, -0.25) is 13.9 Å². The molecule has 1 N–H and O–H groups in total. The van der Waals surface area contributed by atoms with Gasteiger partial charge in [0.15, 0.2) is 0 Å². The van der Waals surface area contributed by atoms with Gasteiger partial charge in [-0.05, 0) is 67.3 Å². The van der Waals surface area contributed by atoms with Crippen LogP contribution in [0.3, 0.4) is 0 Å². The van der Waals surface area contributed by atoms with E-state index in [-0.39, 0.29) is 23.8 Å². The van der Waals surface area contributed by atoms with E-state index in [0.717, 1.165) is 26.7 Å². The maximum absolute atomic E-state index is 14.5. The molecule has 0 saturated heterocycles. The Morgan fingerprint density at radius 1 is 0.841 bits per heavy atom. The fourth-order valence-corrected chi connectivity index (χ4v) is 6.98. The van der Waals surface area contributed by atoms with Gasteiger partial charge in [0.05, 0.1) is 10.6 Å². The number of rotatable bonds is 13. The van der Waals surface area contributed by atoms with E-state index in [4.69, 9.17) is 0 Å². The Kier molecular flexibility index (Phi) is 11.4. The molecule has 4 aromatic carbocycles. The second-order valence-electron chi connectivity index (χ2n) is 10.6. The second-order valence-corrected chi connectivity index (χ2v) is 13.3. The minimum atomic E-state index is -4.15. The van der Waals surface area contributed by atoms with Gasteiger partial charge in [-0.2, -0.15) is 0 Å². The first-order valence-electron chi connectivity index (χ1n) is 14.7. The van der Waals surface area contributed by atoms with Crippen molar-refractivity contribution in [1.82, 2.24) is 10.2 Å². The zero-order valence-electron chi connectivity index (χ0n) is 25.2. The number of sulfonamides is 1. The van der Waals surface area contributed by atoms with Crippen LogP contribution in [-0.2, 0) is 39.0 Å². The fraction of sp³-hybridized carbons (Fsp3) is 0.257. The van der Waals surface area contributed by atoms with E-state index in [0.29, 0.717) is 18.7 Å². The molecule has 1 atom stereocenters. The summed E-state index contributed by atoms with van der Waals surface area (Å²) in [6, 6.07) is 30.0. The highest BCUT2D eigenvalue weighted by atomic mass is 79.9. The lowest BCUT2D eigenvalue weighted by atomic mass is 10.0. The van der Waals surface area contributed by atoms with Crippen LogP contribution in [-0.4, -0.2) is 44.3 Å². The van der Waals surface area contributed by atoms with E-state index in [1.807, 2.05) is 87.5 Å². The average molecular weight is 677 g/mol. The van der Waals surface area contributed by atoms with Gasteiger partial charge in [-0.1, -0.05) is 101 Å². The minimum Gasteiger partial charge on any atom is -0.355 e. The van der Waals surface area contributed by atoms with Crippen molar-refractivity contribution in [2.75, 3.05) is 17.4 Å². The molecule has 0 bridgehead atoms. The van der Waals surface area contributed by atoms with Crippen LogP contribution in [0.4, 0.5) is 5.69 Å². The van der Waals surface area contributed by atoms with Crippen LogP contribution in [0.25, 0.3) is 0 Å². The third-order valence-electron chi connectivity index (χ3n) is 7.39. The van der Waals surface area contributed by atoms with Gasteiger partial charge in [0.1, 0.15) is 12.6 Å². The number of benzene rings is 4. The third-order valence-corrected chi connectivity index (χ3v) is 9.66. The number of amides is 2. The number of aryl methyl sites for hydroxylation is 2. The van der Waals surface area contributed by atoms with Gasteiger partial charge < -0.3 is 10.2 Å². The molecule has 230 valence electrons. The largest absolute Gasteiger partial charge is 0.355 e. The molecule has 0 aromatic heterocycles. The van der Waals surface area contributed by atoms with Crippen molar-refractivity contribution >= 4 is 43.5 Å². The van der Waals surface area contributed by atoms with Gasteiger partial charge in [0.25, 0.3) is 10.0 Å². The first kappa shape index (κ1) is 33.0. The molecule has 9 heteroatoms. The highest BCUT2D eigenvalue weighted by Gasteiger charge is 2.35. The van der Waals surface area contributed by atoms with Crippen molar-refractivity contribution in [2.45, 2.75) is 51.1 Å². The molecule has 0 saturated carbocycles. The van der Waals surface area contributed by atoms with E-state index in [1.165, 1.54) is 9.21 Å². The summed E-state index contributed by atoms with van der Waals surface area (Å²) < 4.78 is 30.5. The fourth-order valence-electron chi connectivity index (χ4n) is 5.08. The monoisotopic (exact) mass is 675 g/mol. The molecule has 0 spiro atoms. The first-order chi connectivity index (χ1) is 21.1. The summed E-state index contributed by atoms with van der Waals surface area (Å²) in [5.74, 6) is -0.791. The highest BCUT2D eigenvalue weighted by molar-refractivity contribution is 9.10. The molecule has 0 heterocycles. The smallest absolute Gasteiger partial charge is 0.264 e. The molecule has 0 aliphatic rings. The predicted molar refractivity (Wildman–Crippen MR) is 179 cm³/mol. The Morgan fingerprint density at radius 2 is 1.50 bits per heavy atom. The topological polar surface area (TPSA) is 86.8 Å². The maximum Gasteiger partial charge on any atom is 0.264 e. The minimum absolute atomic E-state index is 0.0879. The van der Waals surface area contributed by atoms with Crippen molar-refractivity contribution < 1.29 is 18.0 Å². The van der Waals surface area contributed by atoms with E-state index < -0.39 is 28.5 Å². The van der Waals surface area contributed by atoms with Crippen LogP contribution < -0.4 is 9.62 Å². The molecular formula is C35H38BrN3O4S. The molecular weight excluding hydrogens is 638 g/mol. The standard InChI is InChI=1S/C35H38BrN3O4S/c1-4-29-15-9-10-17-32(29)39(44(42,43)31-20-18-26(3)19-21-31)25-34(40)38(24-28-14-11-16-30(36)22-28)33(35(41)37-5-2)23-27-12-7-6-8-13-27/h6-22,33H,4-5,23-25H2,1-3H3,(H,37,41)/t33-/m0/s1. The number of nitrogens with one attached hydrogen (secondary N) is 1. The lowest BCUT2D eigenvalue weighted by molar-refractivity contribution is -0.140. The number of hydrogen-bond donors (Lipinski definition) is 1. The number of hydrogen-bond acceptors (Lipinski definition) is 4. The Balaban J connectivity index is 1.82. The summed E-state index contributed by atoms with van der Waals surface area (Å²) in [6.45, 7) is 5.68. The molecule has 4 rings (SSSR count). The SMILES string of the molecule is CCNC(=O)[C@H](Cc1ccccc1)N(Cc1cccc(Br)c1)C(=O)CN(c1ccccc1CC)S(=O)(=O)c1ccc(C)cc1. The molecule has 2 amide bonds. The van der Waals surface area contributed by atoms with Crippen molar-refractivity contribution in [3.05, 3.63) is 130 Å². The third kappa shape index (κ3) is 8.15. The zero-order chi connectivity index (χ0) is 31.7. The number of carbonyl (C=O) groups excluding carboxylic acids is 2. The molecule has 44 heavy (non-hydrogen) atoms. The summed E-state index contributed by atoms with van der Waals surface area (Å²) in [5.41, 5.74) is 3.84. The highest BCUT2D eigenvalue weighted by Crippen LogP contribution is 2.29. The molecule has 0 unspecified atom stereocenters. The van der Waals surface area contributed by atoms with E-state index in [9.17, 15) is 18.0 Å². The van der Waals surface area contributed by atoms with Gasteiger partial charge >= 0.3 is 0 Å². The van der Waals surface area contributed by atoms with Crippen molar-refractivity contribution in [3.63, 3.8) is 0 Å². The Hall–Kier alpha value is -3.95. The van der Waals surface area contributed by atoms with Gasteiger partial charge in [-0.15, -0.1) is 0 Å². The van der Waals surface area contributed by atoms with E-state index in [1.54, 1.807) is 36.4 Å². The van der Waals surface area contributed by atoms with Crippen LogP contribution in [0, 0.1) is 6.92 Å². The van der Waals surface area contributed by atoms with Gasteiger partial charge in [-0.25, -0.2) is 8.42 Å². The normalized spacial score (nSPS) is 11.9. The molecule has 7 nitrogen and oxygen atoms in total. The quantitative estimate of drug-likeness (QED) is 0.180. The average Bonchev–Trinajstić information content (AvgIpc) is 3.02. The second kappa shape index (κ2) is 15.2. The first-order valence-corrected chi connectivity index (χ1v) is 16.9. The number of anilines is 1. The molecule has 0 radical (unpaired) electrons. The van der Waals surface area contributed by atoms with Crippen molar-refractivity contribution in [1.29, 1.82) is 0 Å². The summed E-state index contributed by atoms with van der Waals surface area (Å²) in [6.07, 6.45) is 0.838. The van der Waals surface area contributed by atoms with Crippen LogP contribution in [0.15, 0.2) is 112 Å². The predicted octanol–water partition coefficient (Wildman–Crippen LogP) is 6.29. The van der Waals surface area contributed by atoms with Crippen molar-refractivity contribution in [3.8, 4) is 0 Å². The Morgan fingerprint density at radius 3 is 2.16 bits per heavy atom. The molecule has 0 fully saturated rings. The molecule has 4 aromatic rings. The number of carbonyl (C=O) groups is 2.